The third-order valence-electron chi connectivity index (χ3n) is 10.4. The summed E-state index contributed by atoms with van der Waals surface area (Å²) >= 11 is 0. The van der Waals surface area contributed by atoms with Crippen LogP contribution in [0.15, 0.2) is 146 Å². The van der Waals surface area contributed by atoms with Gasteiger partial charge in [0, 0.05) is 29.0 Å². The van der Waals surface area contributed by atoms with Gasteiger partial charge >= 0.3 is 0 Å². The first kappa shape index (κ1) is 36.6. The van der Waals surface area contributed by atoms with Crippen LogP contribution in [-0.2, 0) is 10.8 Å². The fraction of sp³-hybridized carbons (Fsp3) is 0.160. The highest BCUT2D eigenvalue weighted by Gasteiger charge is 2.29. The fourth-order valence-corrected chi connectivity index (χ4v) is 7.36. The van der Waals surface area contributed by atoms with Gasteiger partial charge in [0.25, 0.3) is 0 Å². The Kier molecular flexibility index (Phi) is 9.16. The van der Waals surface area contributed by atoms with Crippen molar-refractivity contribution in [3.8, 4) is 67.5 Å². The number of halogens is 2. The summed E-state index contributed by atoms with van der Waals surface area (Å²) in [6, 6.07) is 44.3. The van der Waals surface area contributed by atoms with E-state index in [2.05, 4.69) is 90.1 Å². The summed E-state index contributed by atoms with van der Waals surface area (Å²) in [5.41, 5.74) is 10.5. The first-order chi connectivity index (χ1) is 26.8. The van der Waals surface area contributed by atoms with Crippen LogP contribution in [0.2, 0.25) is 0 Å². The molecule has 1 N–H and O–H groups in total. The minimum atomic E-state index is -0.740. The molecule has 8 aromatic rings. The van der Waals surface area contributed by atoms with Gasteiger partial charge in [-0.3, -0.25) is 9.55 Å². The number of imidazole rings is 1. The number of aromatic nitrogens is 3. The first-order valence-corrected chi connectivity index (χ1v) is 18.8. The normalized spacial score (nSPS) is 12.0. The number of phenolic OH excluding ortho intramolecular Hbond substituents is 1. The summed E-state index contributed by atoms with van der Waals surface area (Å²) in [4.78, 5) is 10.1. The standard InChI is InChI=1S/C50H43F2N3O/c1-49(2,3)37-28-40(47(56)41(29-37)50(4,5)6)48-54-46-39(18-13-19-45(46)55(48)44-21-20-38(51)30-42(44)52)35-24-34(32-16-11-8-12-17-32)25-36(26-35)43-27-33(22-23-53-43)31-14-9-7-10-15-31/h7-30,56H,1-6H3. The van der Waals surface area contributed by atoms with Gasteiger partial charge in [-0.2, -0.15) is 0 Å². The number of rotatable bonds is 6. The van der Waals surface area contributed by atoms with Crippen molar-refractivity contribution in [2.24, 2.45) is 0 Å². The number of para-hydroxylation sites is 1. The molecule has 2 aromatic heterocycles. The first-order valence-electron chi connectivity index (χ1n) is 18.8. The Balaban J connectivity index is 1.42. The third kappa shape index (κ3) is 6.88. The van der Waals surface area contributed by atoms with Crippen LogP contribution in [-0.4, -0.2) is 19.6 Å². The van der Waals surface area contributed by atoms with Crippen molar-refractivity contribution in [3.63, 3.8) is 0 Å². The zero-order valence-electron chi connectivity index (χ0n) is 32.4. The van der Waals surface area contributed by atoms with Gasteiger partial charge in [-0.1, -0.05) is 120 Å². The fourth-order valence-electron chi connectivity index (χ4n) is 7.36. The van der Waals surface area contributed by atoms with Crippen LogP contribution in [0.3, 0.4) is 0 Å². The lowest BCUT2D eigenvalue weighted by Gasteiger charge is -2.27. The lowest BCUT2D eigenvalue weighted by Crippen LogP contribution is -2.17. The molecule has 0 amide bonds. The second-order valence-corrected chi connectivity index (χ2v) is 16.4. The number of hydrogen-bond donors (Lipinski definition) is 1. The molecule has 56 heavy (non-hydrogen) atoms. The average Bonchev–Trinajstić information content (AvgIpc) is 3.57. The molecule has 4 nitrogen and oxygen atoms in total. The van der Waals surface area contributed by atoms with Crippen molar-refractivity contribution in [2.45, 2.75) is 52.4 Å². The number of pyridine rings is 1. The van der Waals surface area contributed by atoms with Crippen molar-refractivity contribution in [1.29, 1.82) is 0 Å². The second-order valence-electron chi connectivity index (χ2n) is 16.4. The Hall–Kier alpha value is -6.40. The number of nitrogens with zero attached hydrogens (tertiary/aromatic N) is 3. The van der Waals surface area contributed by atoms with E-state index in [9.17, 15) is 9.50 Å². The molecule has 0 aliphatic heterocycles. The molecule has 278 valence electrons. The van der Waals surface area contributed by atoms with Crippen LogP contribution >= 0.6 is 0 Å². The van der Waals surface area contributed by atoms with E-state index in [1.165, 1.54) is 12.1 Å². The molecule has 2 heterocycles. The van der Waals surface area contributed by atoms with E-state index < -0.39 is 17.0 Å². The molecule has 0 bridgehead atoms. The molecule has 0 radical (unpaired) electrons. The summed E-state index contributed by atoms with van der Waals surface area (Å²) in [5.74, 6) is -0.996. The Morgan fingerprint density at radius 1 is 0.554 bits per heavy atom. The highest BCUT2D eigenvalue weighted by molar-refractivity contribution is 5.97. The lowest BCUT2D eigenvalue weighted by molar-refractivity contribution is 0.446. The van der Waals surface area contributed by atoms with Crippen molar-refractivity contribution in [2.75, 3.05) is 0 Å². The van der Waals surface area contributed by atoms with Gasteiger partial charge in [-0.15, -0.1) is 0 Å². The van der Waals surface area contributed by atoms with Crippen molar-refractivity contribution in [3.05, 3.63) is 168 Å². The Morgan fingerprint density at radius 3 is 1.88 bits per heavy atom. The van der Waals surface area contributed by atoms with Gasteiger partial charge in [-0.05, 0) is 98.8 Å². The Morgan fingerprint density at radius 2 is 1.21 bits per heavy atom. The van der Waals surface area contributed by atoms with E-state index in [0.29, 0.717) is 22.4 Å². The summed E-state index contributed by atoms with van der Waals surface area (Å²) in [7, 11) is 0. The van der Waals surface area contributed by atoms with Crippen LogP contribution in [0.4, 0.5) is 8.78 Å². The summed E-state index contributed by atoms with van der Waals surface area (Å²) < 4.78 is 32.1. The van der Waals surface area contributed by atoms with Crippen molar-refractivity contribution in [1.82, 2.24) is 14.5 Å². The number of benzene rings is 6. The molecule has 6 aromatic carbocycles. The highest BCUT2D eigenvalue weighted by Crippen LogP contribution is 2.45. The zero-order chi connectivity index (χ0) is 39.4. The molecule has 0 saturated carbocycles. The quantitative estimate of drug-likeness (QED) is 0.185. The van der Waals surface area contributed by atoms with E-state index in [1.54, 1.807) is 4.57 Å². The zero-order valence-corrected chi connectivity index (χ0v) is 32.4. The lowest BCUT2D eigenvalue weighted by atomic mass is 9.79. The van der Waals surface area contributed by atoms with E-state index in [0.717, 1.165) is 61.8 Å². The molecule has 0 saturated heterocycles. The van der Waals surface area contributed by atoms with Crippen LogP contribution in [0, 0.1) is 11.6 Å². The largest absolute Gasteiger partial charge is 0.507 e. The molecule has 0 atom stereocenters. The summed E-state index contributed by atoms with van der Waals surface area (Å²) in [5, 5.41) is 12.1. The third-order valence-corrected chi connectivity index (χ3v) is 10.4. The topological polar surface area (TPSA) is 50.9 Å². The highest BCUT2D eigenvalue weighted by atomic mass is 19.1. The smallest absolute Gasteiger partial charge is 0.150 e. The summed E-state index contributed by atoms with van der Waals surface area (Å²) in [6.07, 6.45) is 1.84. The SMILES string of the molecule is CC(C)(C)c1cc(-c2nc3c(-c4cc(-c5ccccc5)cc(-c5cc(-c6ccccc6)ccn5)c4)cccc3n2-c2ccc(F)cc2F)c(O)c(C(C)(C)C)c1. The van der Waals surface area contributed by atoms with E-state index in [4.69, 9.17) is 9.97 Å². The van der Waals surface area contributed by atoms with Crippen LogP contribution in [0.5, 0.6) is 5.75 Å². The predicted octanol–water partition coefficient (Wildman–Crippen LogP) is 13.3. The Bertz CT molecular complexity index is 2740. The second kappa shape index (κ2) is 14.0. The van der Waals surface area contributed by atoms with Crippen LogP contribution < -0.4 is 0 Å². The predicted molar refractivity (Wildman–Crippen MR) is 225 cm³/mol. The number of hydrogen-bond acceptors (Lipinski definition) is 3. The minimum Gasteiger partial charge on any atom is -0.507 e. The summed E-state index contributed by atoms with van der Waals surface area (Å²) in [6.45, 7) is 12.5. The van der Waals surface area contributed by atoms with Crippen molar-refractivity contribution < 1.29 is 13.9 Å². The molecule has 8 rings (SSSR count). The molecule has 0 fully saturated rings. The number of fused-ring (bicyclic) bond motifs is 1. The molecule has 0 aliphatic carbocycles. The average molecular weight is 740 g/mol. The monoisotopic (exact) mass is 739 g/mol. The number of phenols is 1. The molecule has 0 aliphatic rings. The maximum Gasteiger partial charge on any atom is 0.150 e. The van der Waals surface area contributed by atoms with E-state index in [1.807, 2.05) is 79.0 Å². The molecular formula is C50H43F2N3O. The van der Waals surface area contributed by atoms with Crippen LogP contribution in [0.25, 0.3) is 72.7 Å². The molecule has 0 spiro atoms. The number of aromatic hydroxyl groups is 1. The van der Waals surface area contributed by atoms with Gasteiger partial charge in [-0.25, -0.2) is 13.8 Å². The van der Waals surface area contributed by atoms with Gasteiger partial charge in [0.2, 0.25) is 0 Å². The molecular weight excluding hydrogens is 697 g/mol. The van der Waals surface area contributed by atoms with E-state index >= 15 is 4.39 Å². The maximum atomic E-state index is 16.0. The Labute approximate surface area is 326 Å². The minimum absolute atomic E-state index is 0.0730. The van der Waals surface area contributed by atoms with Gasteiger partial charge in [0.15, 0.2) is 0 Å². The van der Waals surface area contributed by atoms with Gasteiger partial charge in [0.1, 0.15) is 23.2 Å². The maximum absolute atomic E-state index is 16.0. The van der Waals surface area contributed by atoms with Gasteiger partial charge in [0.05, 0.1) is 28.0 Å². The van der Waals surface area contributed by atoms with Crippen molar-refractivity contribution >= 4 is 11.0 Å². The van der Waals surface area contributed by atoms with Crippen LogP contribution in [0.1, 0.15) is 52.7 Å². The molecule has 0 unspecified atom stereocenters. The van der Waals surface area contributed by atoms with Gasteiger partial charge < -0.3 is 5.11 Å². The van der Waals surface area contributed by atoms with E-state index in [-0.39, 0.29) is 16.9 Å². The molecule has 6 heteroatoms.